The van der Waals surface area contributed by atoms with Crippen LogP contribution in [0.2, 0.25) is 0 Å². The van der Waals surface area contributed by atoms with Crippen LogP contribution in [0.25, 0.3) is 0 Å². The summed E-state index contributed by atoms with van der Waals surface area (Å²) >= 11 is 4.35. The Kier molecular flexibility index (Phi) is 3.49. The van der Waals surface area contributed by atoms with E-state index in [1.807, 2.05) is 42.5 Å². The molecule has 86 valence electrons. The van der Waals surface area contributed by atoms with E-state index < -0.39 is 0 Å². The van der Waals surface area contributed by atoms with Crippen molar-refractivity contribution in [3.63, 3.8) is 0 Å². The first-order valence-electron chi connectivity index (χ1n) is 5.31. The molecule has 0 aromatic heterocycles. The topological polar surface area (TPSA) is 20.3 Å². The quantitative estimate of drug-likeness (QED) is 0.803. The molecule has 0 aliphatic carbocycles. The third kappa shape index (κ3) is 2.50. The van der Waals surface area contributed by atoms with Gasteiger partial charge in [-0.1, -0.05) is 30.3 Å². The predicted octanol–water partition coefficient (Wildman–Crippen LogP) is 3.25. The van der Waals surface area contributed by atoms with Crippen LogP contribution in [0.15, 0.2) is 59.5 Å². The molecule has 2 nitrogen and oxygen atoms in total. The fourth-order valence-electron chi connectivity index (χ4n) is 1.63. The molecule has 0 aliphatic rings. The molecule has 2 aromatic carbocycles. The van der Waals surface area contributed by atoms with Gasteiger partial charge in [0.25, 0.3) is 5.91 Å². The van der Waals surface area contributed by atoms with Crippen LogP contribution >= 0.6 is 12.6 Å². The summed E-state index contributed by atoms with van der Waals surface area (Å²) in [6, 6.07) is 16.7. The van der Waals surface area contributed by atoms with Crippen molar-refractivity contribution in [3.8, 4) is 0 Å². The number of carbonyl (C=O) groups is 1. The van der Waals surface area contributed by atoms with E-state index in [2.05, 4.69) is 12.6 Å². The van der Waals surface area contributed by atoms with E-state index in [0.29, 0.717) is 5.56 Å². The van der Waals surface area contributed by atoms with Crippen LogP contribution in [-0.2, 0) is 0 Å². The lowest BCUT2D eigenvalue weighted by Gasteiger charge is -2.18. The van der Waals surface area contributed by atoms with Gasteiger partial charge in [0.1, 0.15) is 0 Å². The Morgan fingerprint density at radius 2 is 1.59 bits per heavy atom. The van der Waals surface area contributed by atoms with E-state index in [9.17, 15) is 4.79 Å². The van der Waals surface area contributed by atoms with Crippen LogP contribution in [0, 0.1) is 0 Å². The van der Waals surface area contributed by atoms with Gasteiger partial charge in [0.15, 0.2) is 0 Å². The predicted molar refractivity (Wildman–Crippen MR) is 72.9 cm³/mol. The fourth-order valence-corrected chi connectivity index (χ4v) is 1.94. The molecule has 0 saturated carbocycles. The average Bonchev–Trinajstić information content (AvgIpc) is 2.39. The molecule has 0 spiro atoms. The van der Waals surface area contributed by atoms with Gasteiger partial charge >= 0.3 is 0 Å². The monoisotopic (exact) mass is 243 g/mol. The summed E-state index contributed by atoms with van der Waals surface area (Å²) in [5.41, 5.74) is 1.48. The van der Waals surface area contributed by atoms with Crippen molar-refractivity contribution in [2.75, 3.05) is 11.9 Å². The van der Waals surface area contributed by atoms with Crippen molar-refractivity contribution < 1.29 is 4.79 Å². The van der Waals surface area contributed by atoms with Crippen LogP contribution < -0.4 is 4.90 Å². The molecule has 17 heavy (non-hydrogen) atoms. The van der Waals surface area contributed by atoms with Crippen LogP contribution in [0.1, 0.15) is 10.4 Å². The number of nitrogens with zero attached hydrogens (tertiary/aromatic N) is 1. The SMILES string of the molecule is CN(C(=O)c1ccccc1)c1ccccc1S. The number of hydrogen-bond acceptors (Lipinski definition) is 2. The van der Waals surface area contributed by atoms with Crippen molar-refractivity contribution in [2.24, 2.45) is 0 Å². The Morgan fingerprint density at radius 1 is 1.00 bits per heavy atom. The summed E-state index contributed by atoms with van der Waals surface area (Å²) in [6.45, 7) is 0. The lowest BCUT2D eigenvalue weighted by Crippen LogP contribution is -2.26. The minimum Gasteiger partial charge on any atom is -0.310 e. The summed E-state index contributed by atoms with van der Waals surface area (Å²) in [5.74, 6) is -0.0351. The molecular formula is C14H13NOS. The number of anilines is 1. The maximum absolute atomic E-state index is 12.2. The van der Waals surface area contributed by atoms with E-state index in [1.54, 1.807) is 24.1 Å². The molecule has 1 amide bonds. The number of carbonyl (C=O) groups excluding carboxylic acids is 1. The Bertz CT molecular complexity index is 525. The molecular weight excluding hydrogens is 230 g/mol. The molecule has 0 saturated heterocycles. The van der Waals surface area contributed by atoms with Crippen molar-refractivity contribution in [3.05, 3.63) is 60.2 Å². The number of amides is 1. The second-order valence-electron chi connectivity index (χ2n) is 3.72. The Hall–Kier alpha value is -1.74. The summed E-state index contributed by atoms with van der Waals surface area (Å²) in [5, 5.41) is 0. The van der Waals surface area contributed by atoms with Crippen LogP contribution in [-0.4, -0.2) is 13.0 Å². The molecule has 0 bridgehead atoms. The van der Waals surface area contributed by atoms with Gasteiger partial charge in [0.2, 0.25) is 0 Å². The van der Waals surface area contributed by atoms with Gasteiger partial charge in [-0.2, -0.15) is 0 Å². The second kappa shape index (κ2) is 5.06. The number of rotatable bonds is 2. The zero-order valence-electron chi connectivity index (χ0n) is 9.50. The van der Waals surface area contributed by atoms with Gasteiger partial charge in [0.05, 0.1) is 5.69 Å². The number of thiol groups is 1. The summed E-state index contributed by atoms with van der Waals surface area (Å²) < 4.78 is 0. The minimum absolute atomic E-state index is 0.0351. The van der Waals surface area contributed by atoms with Crippen molar-refractivity contribution in [1.29, 1.82) is 0 Å². The van der Waals surface area contributed by atoms with Crippen molar-refractivity contribution >= 4 is 24.2 Å². The van der Waals surface area contributed by atoms with E-state index in [4.69, 9.17) is 0 Å². The first-order valence-corrected chi connectivity index (χ1v) is 5.76. The summed E-state index contributed by atoms with van der Waals surface area (Å²) in [4.78, 5) is 14.6. The highest BCUT2D eigenvalue weighted by Gasteiger charge is 2.14. The highest BCUT2D eigenvalue weighted by molar-refractivity contribution is 7.80. The standard InChI is InChI=1S/C14H13NOS/c1-15(12-9-5-6-10-13(12)17)14(16)11-7-3-2-4-8-11/h2-10,17H,1H3. The van der Waals surface area contributed by atoms with Gasteiger partial charge in [-0.05, 0) is 24.3 Å². The zero-order valence-corrected chi connectivity index (χ0v) is 10.4. The molecule has 0 N–H and O–H groups in total. The third-order valence-electron chi connectivity index (χ3n) is 2.57. The van der Waals surface area contributed by atoms with E-state index in [0.717, 1.165) is 10.6 Å². The molecule has 2 rings (SSSR count). The van der Waals surface area contributed by atoms with E-state index in [1.165, 1.54) is 0 Å². The zero-order chi connectivity index (χ0) is 12.3. The van der Waals surface area contributed by atoms with Crippen LogP contribution in [0.5, 0.6) is 0 Å². The maximum atomic E-state index is 12.2. The molecule has 0 heterocycles. The normalized spacial score (nSPS) is 10.0. The smallest absolute Gasteiger partial charge is 0.258 e. The van der Waals surface area contributed by atoms with Crippen LogP contribution in [0.3, 0.4) is 0 Å². The van der Waals surface area contributed by atoms with Gasteiger partial charge < -0.3 is 4.90 Å². The molecule has 2 aromatic rings. The highest BCUT2D eigenvalue weighted by atomic mass is 32.1. The average molecular weight is 243 g/mol. The molecule has 3 heteroatoms. The third-order valence-corrected chi connectivity index (χ3v) is 2.95. The molecule has 0 radical (unpaired) electrons. The van der Waals surface area contributed by atoms with Crippen LogP contribution in [0.4, 0.5) is 5.69 Å². The van der Waals surface area contributed by atoms with Gasteiger partial charge in [-0.15, -0.1) is 12.6 Å². The lowest BCUT2D eigenvalue weighted by atomic mass is 10.2. The summed E-state index contributed by atoms with van der Waals surface area (Å²) in [6.07, 6.45) is 0. The lowest BCUT2D eigenvalue weighted by molar-refractivity contribution is 0.0992. The van der Waals surface area contributed by atoms with Crippen molar-refractivity contribution in [1.82, 2.24) is 0 Å². The number of para-hydroxylation sites is 1. The highest BCUT2D eigenvalue weighted by Crippen LogP contribution is 2.23. The second-order valence-corrected chi connectivity index (χ2v) is 4.20. The Balaban J connectivity index is 2.30. The maximum Gasteiger partial charge on any atom is 0.258 e. The summed E-state index contributed by atoms with van der Waals surface area (Å²) in [7, 11) is 1.75. The first kappa shape index (κ1) is 11.7. The van der Waals surface area contributed by atoms with Gasteiger partial charge in [-0.3, -0.25) is 4.79 Å². The molecule has 0 atom stereocenters. The minimum atomic E-state index is -0.0351. The molecule has 0 fully saturated rings. The van der Waals surface area contributed by atoms with E-state index >= 15 is 0 Å². The number of hydrogen-bond donors (Lipinski definition) is 1. The van der Waals surface area contributed by atoms with Gasteiger partial charge in [-0.25, -0.2) is 0 Å². The van der Waals surface area contributed by atoms with Gasteiger partial charge in [0, 0.05) is 17.5 Å². The molecule has 0 unspecified atom stereocenters. The number of benzene rings is 2. The fraction of sp³-hybridized carbons (Fsp3) is 0.0714. The van der Waals surface area contributed by atoms with E-state index in [-0.39, 0.29) is 5.91 Å². The molecule has 0 aliphatic heterocycles. The Labute approximate surface area is 106 Å². The first-order chi connectivity index (χ1) is 8.20. The van der Waals surface area contributed by atoms with Crippen molar-refractivity contribution in [2.45, 2.75) is 4.90 Å². The Morgan fingerprint density at radius 3 is 2.24 bits per heavy atom. The largest absolute Gasteiger partial charge is 0.310 e.